The van der Waals surface area contributed by atoms with Crippen LogP contribution in [-0.4, -0.2) is 65.8 Å². The summed E-state index contributed by atoms with van der Waals surface area (Å²) in [7, 11) is 0. The fraction of sp³-hybridized carbons (Fsp3) is 0.364. The van der Waals surface area contributed by atoms with Gasteiger partial charge in [0.2, 0.25) is 5.91 Å². The molecule has 3 atom stereocenters. The van der Waals surface area contributed by atoms with Crippen LogP contribution in [0.4, 0.5) is 14.9 Å². The Morgan fingerprint density at radius 3 is 2.30 bits per heavy atom. The highest BCUT2D eigenvalue weighted by Crippen LogP contribution is 2.25. The maximum absolute atomic E-state index is 13.6. The third-order valence-corrected chi connectivity index (χ3v) is 7.69. The number of aromatic hydroxyl groups is 1. The number of amides is 3. The Hall–Kier alpha value is -4.44. The molecule has 3 aromatic carbocycles. The molecule has 1 heterocycles. The number of phenols is 1. The van der Waals surface area contributed by atoms with Gasteiger partial charge in [-0.1, -0.05) is 31.2 Å². The third-order valence-electron chi connectivity index (χ3n) is 7.69. The van der Waals surface area contributed by atoms with Gasteiger partial charge in [0.05, 0.1) is 37.8 Å². The van der Waals surface area contributed by atoms with Gasteiger partial charge < -0.3 is 30.3 Å². The van der Waals surface area contributed by atoms with Crippen molar-refractivity contribution in [3.63, 3.8) is 0 Å². The van der Waals surface area contributed by atoms with E-state index in [9.17, 15) is 23.9 Å². The van der Waals surface area contributed by atoms with E-state index in [1.54, 1.807) is 55.5 Å². The van der Waals surface area contributed by atoms with E-state index >= 15 is 0 Å². The number of urea groups is 1. The normalized spacial score (nSPS) is 18.4. The van der Waals surface area contributed by atoms with Crippen LogP contribution >= 0.6 is 0 Å². The summed E-state index contributed by atoms with van der Waals surface area (Å²) in [6.07, 6.45) is 1.99. The highest BCUT2D eigenvalue weighted by molar-refractivity contribution is 5.95. The Kier molecular flexibility index (Phi) is 10.7. The average Bonchev–Trinajstić information content (AvgIpc) is 3.37. The summed E-state index contributed by atoms with van der Waals surface area (Å²) in [6, 6.07) is 17.9. The minimum Gasteiger partial charge on any atom is -0.508 e. The lowest BCUT2D eigenvalue weighted by Gasteiger charge is -2.34. The summed E-state index contributed by atoms with van der Waals surface area (Å²) in [5.74, 6) is -0.902. The molecule has 1 aliphatic heterocycles. The minimum atomic E-state index is -0.880. The van der Waals surface area contributed by atoms with Crippen molar-refractivity contribution in [2.45, 2.75) is 51.7 Å². The molecule has 0 spiro atoms. The summed E-state index contributed by atoms with van der Waals surface area (Å²) in [5, 5.41) is 18.4. The van der Waals surface area contributed by atoms with Crippen molar-refractivity contribution in [3.05, 3.63) is 95.3 Å². The molecule has 0 radical (unpaired) electrons. The Labute approximate surface area is 251 Å². The molecule has 1 saturated heterocycles. The maximum atomic E-state index is 13.6. The van der Waals surface area contributed by atoms with Crippen LogP contribution in [0.5, 0.6) is 5.75 Å². The zero-order chi connectivity index (χ0) is 30.8. The Morgan fingerprint density at radius 2 is 1.65 bits per heavy atom. The summed E-state index contributed by atoms with van der Waals surface area (Å²) in [6.45, 7) is 7.45. The lowest BCUT2D eigenvalue weighted by atomic mass is 10.0. The number of anilines is 1. The van der Waals surface area contributed by atoms with Crippen molar-refractivity contribution in [3.8, 4) is 5.75 Å². The number of nitrogens with one attached hydrogen (secondary N) is 3. The van der Waals surface area contributed by atoms with Crippen molar-refractivity contribution in [1.29, 1.82) is 0 Å². The van der Waals surface area contributed by atoms with E-state index in [4.69, 9.17) is 4.74 Å². The number of carbonyl (C=O) groups is 3. The third kappa shape index (κ3) is 9.02. The van der Waals surface area contributed by atoms with Crippen molar-refractivity contribution in [1.82, 2.24) is 10.6 Å². The van der Waals surface area contributed by atoms with Crippen LogP contribution in [0.15, 0.2) is 72.8 Å². The second-order valence-corrected chi connectivity index (χ2v) is 11.1. The number of likely N-dealkylation sites (tertiary alicyclic amines) is 1. The molecule has 0 bridgehead atoms. The molecule has 1 aliphatic rings. The highest BCUT2D eigenvalue weighted by atomic mass is 19.1. The molecule has 10 heteroatoms. The van der Waals surface area contributed by atoms with Crippen molar-refractivity contribution < 1.29 is 33.1 Å². The highest BCUT2D eigenvalue weighted by Gasteiger charge is 2.39. The van der Waals surface area contributed by atoms with Crippen LogP contribution in [0, 0.1) is 5.82 Å². The van der Waals surface area contributed by atoms with Gasteiger partial charge in [0, 0.05) is 24.1 Å². The fourth-order valence-corrected chi connectivity index (χ4v) is 5.68. The largest absolute Gasteiger partial charge is 0.508 e. The van der Waals surface area contributed by atoms with E-state index in [1.807, 2.05) is 12.1 Å². The second-order valence-electron chi connectivity index (χ2n) is 11.1. The fourth-order valence-electron chi connectivity index (χ4n) is 5.68. The van der Waals surface area contributed by atoms with Gasteiger partial charge in [-0.05, 0) is 67.4 Å². The van der Waals surface area contributed by atoms with Crippen LogP contribution in [0.1, 0.15) is 48.2 Å². The standard InChI is InChI=1S/C33H39FN4O5/c1-3-18-38(21-24-5-11-26(34)12-6-24)19-17-28(22-38)35-31(40)30(20-23-7-15-29(39)16-8-23)37-33(42)36-27-13-9-25(10-14-27)32(41)43-4-2/h5-16,28,30H,3-4,17-22H2,1-2H3,(H3-,35,36,37,39,40,41,42)/p+1/t28-,30-,38?/m0/s1. The first kappa shape index (κ1) is 31.5. The predicted molar refractivity (Wildman–Crippen MR) is 162 cm³/mol. The molecule has 228 valence electrons. The van der Waals surface area contributed by atoms with Gasteiger partial charge in [-0.3, -0.25) is 4.79 Å². The van der Waals surface area contributed by atoms with E-state index < -0.39 is 18.0 Å². The Bertz CT molecular complexity index is 1380. The molecule has 1 fully saturated rings. The number of quaternary nitrogens is 1. The number of phenolic OH excluding ortho intramolecular Hbond substituents is 1. The van der Waals surface area contributed by atoms with E-state index in [-0.39, 0.29) is 36.5 Å². The number of hydrogen-bond donors (Lipinski definition) is 4. The molecule has 4 rings (SSSR count). The molecule has 9 nitrogen and oxygen atoms in total. The molecular weight excluding hydrogens is 551 g/mol. The molecule has 4 N–H and O–H groups in total. The first-order valence-electron chi connectivity index (χ1n) is 14.7. The van der Waals surface area contributed by atoms with E-state index in [0.717, 1.165) is 54.6 Å². The van der Waals surface area contributed by atoms with Gasteiger partial charge in [0.25, 0.3) is 0 Å². The topological polar surface area (TPSA) is 117 Å². The summed E-state index contributed by atoms with van der Waals surface area (Å²) in [4.78, 5) is 38.5. The zero-order valence-corrected chi connectivity index (χ0v) is 24.6. The first-order chi connectivity index (χ1) is 20.7. The number of benzene rings is 3. The van der Waals surface area contributed by atoms with Crippen molar-refractivity contribution in [2.75, 3.05) is 31.6 Å². The van der Waals surface area contributed by atoms with Crippen LogP contribution in [-0.2, 0) is 22.5 Å². The summed E-state index contributed by atoms with van der Waals surface area (Å²) < 4.78 is 19.3. The lowest BCUT2D eigenvalue weighted by Crippen LogP contribution is -2.53. The molecular formula is C33H40FN4O5+. The number of carbonyl (C=O) groups excluding carboxylic acids is 3. The number of rotatable bonds is 12. The molecule has 0 aromatic heterocycles. The first-order valence-corrected chi connectivity index (χ1v) is 14.7. The number of nitrogens with zero attached hydrogens (tertiary/aromatic N) is 1. The number of halogens is 1. The lowest BCUT2D eigenvalue weighted by molar-refractivity contribution is -0.930. The molecule has 3 aromatic rings. The molecule has 0 aliphatic carbocycles. The summed E-state index contributed by atoms with van der Waals surface area (Å²) >= 11 is 0. The molecule has 3 amide bonds. The van der Waals surface area contributed by atoms with Gasteiger partial charge in [-0.2, -0.15) is 0 Å². The minimum absolute atomic E-state index is 0.0814. The zero-order valence-electron chi connectivity index (χ0n) is 24.6. The van der Waals surface area contributed by atoms with Gasteiger partial charge >= 0.3 is 12.0 Å². The average molecular weight is 592 g/mol. The number of ether oxygens (including phenoxy) is 1. The SMILES string of the molecule is CCC[N+]1(Cc2ccc(F)cc2)CC[C@H](NC(=O)[C@H](Cc2ccc(O)cc2)NC(=O)Nc2ccc(C(=O)OCC)cc2)C1. The van der Waals surface area contributed by atoms with Crippen LogP contribution in [0.2, 0.25) is 0 Å². The number of esters is 1. The molecule has 1 unspecified atom stereocenters. The van der Waals surface area contributed by atoms with Crippen molar-refractivity contribution in [2.24, 2.45) is 0 Å². The second kappa shape index (κ2) is 14.6. The van der Waals surface area contributed by atoms with Crippen molar-refractivity contribution >= 4 is 23.6 Å². The van der Waals surface area contributed by atoms with Gasteiger partial charge in [0.15, 0.2) is 0 Å². The van der Waals surface area contributed by atoms with Gasteiger partial charge in [0.1, 0.15) is 24.2 Å². The predicted octanol–water partition coefficient (Wildman–Crippen LogP) is 4.76. The quantitative estimate of drug-likeness (QED) is 0.179. The maximum Gasteiger partial charge on any atom is 0.338 e. The van der Waals surface area contributed by atoms with Crippen LogP contribution in [0.25, 0.3) is 0 Å². The summed E-state index contributed by atoms with van der Waals surface area (Å²) in [5.41, 5.74) is 2.65. The van der Waals surface area contributed by atoms with Crippen LogP contribution in [0.3, 0.4) is 0 Å². The molecule has 0 saturated carbocycles. The Morgan fingerprint density at radius 1 is 0.977 bits per heavy atom. The van der Waals surface area contributed by atoms with Gasteiger partial charge in [-0.25, -0.2) is 14.0 Å². The van der Waals surface area contributed by atoms with E-state index in [1.165, 1.54) is 12.1 Å². The monoisotopic (exact) mass is 591 g/mol. The van der Waals surface area contributed by atoms with Gasteiger partial charge in [-0.15, -0.1) is 0 Å². The van der Waals surface area contributed by atoms with E-state index in [2.05, 4.69) is 22.9 Å². The van der Waals surface area contributed by atoms with E-state index in [0.29, 0.717) is 11.3 Å². The van der Waals surface area contributed by atoms with Crippen LogP contribution < -0.4 is 16.0 Å². The molecule has 43 heavy (non-hydrogen) atoms. The Balaban J connectivity index is 1.43. The number of hydrogen-bond acceptors (Lipinski definition) is 5. The smallest absolute Gasteiger partial charge is 0.338 e.